The first-order valence-corrected chi connectivity index (χ1v) is 10.6. The standard InChI is InChI=1S/C22H21ClN2O2S/c1-15-8-10-16(11-9-15)20-14-28-22(24-20)25(13-17-5-4-12-27-17)21(26)18-6-2-3-7-19(18)23/h2-3,6-11,14,17H,4-5,12-13H2,1H3/t17-/m1/s1. The summed E-state index contributed by atoms with van der Waals surface area (Å²) in [5.74, 6) is -0.147. The highest BCUT2D eigenvalue weighted by Crippen LogP contribution is 2.30. The van der Waals surface area contributed by atoms with E-state index in [2.05, 4.69) is 31.2 Å². The van der Waals surface area contributed by atoms with Crippen LogP contribution in [0.5, 0.6) is 0 Å². The molecule has 28 heavy (non-hydrogen) atoms. The molecule has 0 bridgehead atoms. The van der Waals surface area contributed by atoms with Crippen LogP contribution in [0.1, 0.15) is 28.8 Å². The predicted molar refractivity (Wildman–Crippen MR) is 114 cm³/mol. The molecule has 4 rings (SSSR count). The number of amides is 1. The topological polar surface area (TPSA) is 42.4 Å². The van der Waals surface area contributed by atoms with Gasteiger partial charge in [-0.3, -0.25) is 9.69 Å². The van der Waals surface area contributed by atoms with Crippen molar-refractivity contribution in [2.24, 2.45) is 0 Å². The van der Waals surface area contributed by atoms with E-state index in [-0.39, 0.29) is 12.0 Å². The van der Waals surface area contributed by atoms with Crippen molar-refractivity contribution in [2.75, 3.05) is 18.1 Å². The van der Waals surface area contributed by atoms with Crippen molar-refractivity contribution in [1.29, 1.82) is 0 Å². The van der Waals surface area contributed by atoms with Crippen LogP contribution >= 0.6 is 22.9 Å². The molecule has 0 spiro atoms. The number of hydrogen-bond donors (Lipinski definition) is 0. The van der Waals surface area contributed by atoms with Gasteiger partial charge in [-0.25, -0.2) is 4.98 Å². The van der Waals surface area contributed by atoms with Gasteiger partial charge in [0.05, 0.1) is 28.9 Å². The molecular formula is C22H21ClN2O2S. The number of benzene rings is 2. The molecule has 0 aliphatic carbocycles. The lowest BCUT2D eigenvalue weighted by Crippen LogP contribution is -2.37. The van der Waals surface area contributed by atoms with E-state index in [1.807, 2.05) is 17.5 Å². The number of aryl methyl sites for hydroxylation is 1. The van der Waals surface area contributed by atoms with Gasteiger partial charge >= 0.3 is 0 Å². The van der Waals surface area contributed by atoms with Crippen LogP contribution in [-0.2, 0) is 4.74 Å². The maximum absolute atomic E-state index is 13.3. The van der Waals surface area contributed by atoms with E-state index in [9.17, 15) is 4.79 Å². The third kappa shape index (κ3) is 4.12. The highest BCUT2D eigenvalue weighted by molar-refractivity contribution is 7.14. The summed E-state index contributed by atoms with van der Waals surface area (Å²) in [5.41, 5.74) is 3.59. The maximum atomic E-state index is 13.3. The molecule has 4 nitrogen and oxygen atoms in total. The van der Waals surface area contributed by atoms with Gasteiger partial charge in [0, 0.05) is 17.6 Å². The first-order chi connectivity index (χ1) is 13.6. The predicted octanol–water partition coefficient (Wildman–Crippen LogP) is 5.60. The number of hydrogen-bond acceptors (Lipinski definition) is 4. The molecule has 1 aromatic heterocycles. The summed E-state index contributed by atoms with van der Waals surface area (Å²) < 4.78 is 5.78. The normalized spacial score (nSPS) is 16.3. The van der Waals surface area contributed by atoms with Crippen LogP contribution in [0.2, 0.25) is 5.02 Å². The zero-order valence-electron chi connectivity index (χ0n) is 15.6. The molecule has 0 N–H and O–H groups in total. The van der Waals surface area contributed by atoms with Crippen molar-refractivity contribution in [1.82, 2.24) is 4.98 Å². The molecule has 1 fully saturated rings. The van der Waals surface area contributed by atoms with Crippen molar-refractivity contribution < 1.29 is 9.53 Å². The number of nitrogens with zero attached hydrogens (tertiary/aromatic N) is 2. The minimum atomic E-state index is -0.147. The number of rotatable bonds is 5. The highest BCUT2D eigenvalue weighted by Gasteiger charge is 2.27. The molecule has 2 heterocycles. The second kappa shape index (κ2) is 8.43. The Labute approximate surface area is 173 Å². The Kier molecular flexibility index (Phi) is 5.76. The van der Waals surface area contributed by atoms with Gasteiger partial charge in [0.1, 0.15) is 0 Å². The van der Waals surface area contributed by atoms with E-state index in [0.29, 0.717) is 22.3 Å². The van der Waals surface area contributed by atoms with Gasteiger partial charge in [0.2, 0.25) is 0 Å². The van der Waals surface area contributed by atoms with Crippen LogP contribution in [0.15, 0.2) is 53.9 Å². The van der Waals surface area contributed by atoms with Gasteiger partial charge < -0.3 is 4.74 Å². The Bertz CT molecular complexity index is 965. The average Bonchev–Trinajstić information content (AvgIpc) is 3.39. The molecule has 144 valence electrons. The quantitative estimate of drug-likeness (QED) is 0.548. The number of halogens is 1. The molecule has 1 aliphatic heterocycles. The summed E-state index contributed by atoms with van der Waals surface area (Å²) in [5, 5.41) is 3.10. The minimum Gasteiger partial charge on any atom is -0.376 e. The van der Waals surface area contributed by atoms with E-state index in [4.69, 9.17) is 21.3 Å². The molecule has 1 aliphatic rings. The molecule has 1 amide bonds. The lowest BCUT2D eigenvalue weighted by atomic mass is 10.1. The smallest absolute Gasteiger partial charge is 0.261 e. The Balaban J connectivity index is 1.66. The van der Waals surface area contributed by atoms with Gasteiger partial charge in [-0.15, -0.1) is 11.3 Å². The molecule has 0 saturated carbocycles. The van der Waals surface area contributed by atoms with E-state index in [1.54, 1.807) is 17.0 Å². The summed E-state index contributed by atoms with van der Waals surface area (Å²) in [6.45, 7) is 3.28. The fourth-order valence-corrected chi connectivity index (χ4v) is 4.32. The van der Waals surface area contributed by atoms with Crippen molar-refractivity contribution in [3.8, 4) is 11.3 Å². The summed E-state index contributed by atoms with van der Waals surface area (Å²) >= 11 is 7.75. The van der Waals surface area contributed by atoms with Gasteiger partial charge in [-0.05, 0) is 31.9 Å². The average molecular weight is 413 g/mol. The SMILES string of the molecule is Cc1ccc(-c2csc(N(C[C@H]3CCCO3)C(=O)c3ccccc3Cl)n2)cc1. The van der Waals surface area contributed by atoms with E-state index in [0.717, 1.165) is 30.7 Å². The zero-order valence-corrected chi connectivity index (χ0v) is 17.2. The Morgan fingerprint density at radius 3 is 2.75 bits per heavy atom. The van der Waals surface area contributed by atoms with E-state index in [1.165, 1.54) is 16.9 Å². The van der Waals surface area contributed by atoms with Crippen molar-refractivity contribution in [2.45, 2.75) is 25.9 Å². The minimum absolute atomic E-state index is 0.0261. The van der Waals surface area contributed by atoms with Crippen LogP contribution in [-0.4, -0.2) is 30.1 Å². The van der Waals surface area contributed by atoms with Gasteiger partial charge in [0.25, 0.3) is 5.91 Å². The third-order valence-electron chi connectivity index (χ3n) is 4.83. The number of aromatic nitrogens is 1. The van der Waals surface area contributed by atoms with Crippen LogP contribution in [0.3, 0.4) is 0 Å². The fraction of sp³-hybridized carbons (Fsp3) is 0.273. The van der Waals surface area contributed by atoms with Crippen molar-refractivity contribution in [3.63, 3.8) is 0 Å². The van der Waals surface area contributed by atoms with E-state index < -0.39 is 0 Å². The summed E-state index contributed by atoms with van der Waals surface area (Å²) in [7, 11) is 0. The molecule has 6 heteroatoms. The Morgan fingerprint density at radius 1 is 1.25 bits per heavy atom. The molecule has 1 atom stereocenters. The van der Waals surface area contributed by atoms with Crippen LogP contribution in [0.25, 0.3) is 11.3 Å². The van der Waals surface area contributed by atoms with Gasteiger partial charge in [-0.1, -0.05) is 53.6 Å². The van der Waals surface area contributed by atoms with Crippen molar-refractivity contribution in [3.05, 3.63) is 70.1 Å². The Morgan fingerprint density at radius 2 is 2.04 bits per heavy atom. The Hall–Kier alpha value is -2.21. The summed E-state index contributed by atoms with van der Waals surface area (Å²) in [4.78, 5) is 19.8. The summed E-state index contributed by atoms with van der Waals surface area (Å²) in [6, 6.07) is 15.4. The third-order valence-corrected chi connectivity index (χ3v) is 6.02. The lowest BCUT2D eigenvalue weighted by Gasteiger charge is -2.23. The number of ether oxygens (including phenoxy) is 1. The fourth-order valence-electron chi connectivity index (χ4n) is 3.27. The van der Waals surface area contributed by atoms with Gasteiger partial charge in [0.15, 0.2) is 5.13 Å². The second-order valence-corrected chi connectivity index (χ2v) is 8.16. The lowest BCUT2D eigenvalue weighted by molar-refractivity contribution is 0.0917. The zero-order chi connectivity index (χ0) is 19.5. The molecule has 3 aromatic rings. The summed E-state index contributed by atoms with van der Waals surface area (Å²) in [6.07, 6.45) is 1.99. The number of thiazole rings is 1. The van der Waals surface area contributed by atoms with E-state index >= 15 is 0 Å². The van der Waals surface area contributed by atoms with Crippen molar-refractivity contribution >= 4 is 34.0 Å². The number of carbonyl (C=O) groups is 1. The number of carbonyl (C=O) groups excluding carboxylic acids is 1. The molecule has 0 radical (unpaired) electrons. The first-order valence-electron chi connectivity index (χ1n) is 9.32. The molecule has 1 saturated heterocycles. The van der Waals surface area contributed by atoms with Crippen LogP contribution < -0.4 is 4.90 Å². The first kappa shape index (κ1) is 19.1. The maximum Gasteiger partial charge on any atom is 0.261 e. The largest absolute Gasteiger partial charge is 0.376 e. The van der Waals surface area contributed by atoms with Crippen LogP contribution in [0.4, 0.5) is 5.13 Å². The number of anilines is 1. The van der Waals surface area contributed by atoms with Gasteiger partial charge in [-0.2, -0.15) is 0 Å². The monoisotopic (exact) mass is 412 g/mol. The van der Waals surface area contributed by atoms with Crippen LogP contribution in [0, 0.1) is 6.92 Å². The molecule has 2 aromatic carbocycles. The molecular weight excluding hydrogens is 392 g/mol. The molecule has 0 unspecified atom stereocenters. The second-order valence-electron chi connectivity index (χ2n) is 6.91. The highest BCUT2D eigenvalue weighted by atomic mass is 35.5.